The maximum atomic E-state index is 9.18. The van der Waals surface area contributed by atoms with Crippen LogP contribution < -0.4 is 10.1 Å². The number of aliphatic hydroxyl groups excluding tert-OH is 2. The van der Waals surface area contributed by atoms with Gasteiger partial charge in [-0.2, -0.15) is 5.26 Å². The summed E-state index contributed by atoms with van der Waals surface area (Å²) in [6, 6.07) is 7.16. The van der Waals surface area contributed by atoms with Crippen LogP contribution in [0.25, 0.3) is 0 Å². The number of benzene rings is 1. The Hall–Kier alpha value is -1.77. The number of anilines is 1. The molecule has 0 heterocycles. The molecule has 0 aromatic heterocycles. The molecule has 0 saturated carbocycles. The summed E-state index contributed by atoms with van der Waals surface area (Å²) in [7, 11) is 0. The van der Waals surface area contributed by atoms with Crippen molar-refractivity contribution in [2.24, 2.45) is 0 Å². The van der Waals surface area contributed by atoms with Gasteiger partial charge in [0.15, 0.2) is 0 Å². The van der Waals surface area contributed by atoms with Crippen molar-refractivity contribution in [2.45, 2.75) is 13.0 Å². The van der Waals surface area contributed by atoms with Crippen LogP contribution in [0.2, 0.25) is 0 Å². The molecule has 0 saturated heterocycles. The zero-order valence-electron chi connectivity index (χ0n) is 9.68. The maximum absolute atomic E-state index is 9.18. The quantitative estimate of drug-likeness (QED) is 0.677. The highest BCUT2D eigenvalue weighted by Crippen LogP contribution is 2.22. The summed E-state index contributed by atoms with van der Waals surface area (Å²) in [5.74, 6) is 0.545. The summed E-state index contributed by atoms with van der Waals surface area (Å²) in [5, 5.41) is 29.7. The first kappa shape index (κ1) is 13.3. The topological polar surface area (TPSA) is 85.5 Å². The zero-order valence-corrected chi connectivity index (χ0v) is 9.68. The molecule has 17 heavy (non-hydrogen) atoms. The second-order valence-corrected chi connectivity index (χ2v) is 3.47. The van der Waals surface area contributed by atoms with Crippen molar-refractivity contribution in [1.29, 1.82) is 5.26 Å². The van der Waals surface area contributed by atoms with Crippen LogP contribution in [0, 0.1) is 11.3 Å². The fourth-order valence-electron chi connectivity index (χ4n) is 1.31. The smallest absolute Gasteiger partial charge is 0.137 e. The van der Waals surface area contributed by atoms with Crippen LogP contribution in [0.1, 0.15) is 12.5 Å². The summed E-state index contributed by atoms with van der Waals surface area (Å²) in [5.41, 5.74) is 1.15. The Morgan fingerprint density at radius 3 is 2.88 bits per heavy atom. The highest BCUT2D eigenvalue weighted by molar-refractivity contribution is 5.55. The van der Waals surface area contributed by atoms with Crippen LogP contribution in [0.3, 0.4) is 0 Å². The third-order valence-corrected chi connectivity index (χ3v) is 2.15. The summed E-state index contributed by atoms with van der Waals surface area (Å²) in [6.07, 6.45) is -0.813. The Morgan fingerprint density at radius 1 is 1.53 bits per heavy atom. The van der Waals surface area contributed by atoms with Crippen molar-refractivity contribution in [3.05, 3.63) is 23.8 Å². The molecule has 92 valence electrons. The fraction of sp³-hybridized carbons (Fsp3) is 0.417. The Labute approximate surface area is 100 Å². The van der Waals surface area contributed by atoms with E-state index in [0.29, 0.717) is 23.6 Å². The van der Waals surface area contributed by atoms with Crippen molar-refractivity contribution >= 4 is 5.69 Å². The predicted octanol–water partition coefficient (Wildman–Crippen LogP) is 0.722. The molecule has 0 radical (unpaired) electrons. The average Bonchev–Trinajstić information content (AvgIpc) is 2.37. The van der Waals surface area contributed by atoms with E-state index in [1.165, 1.54) is 0 Å². The summed E-state index contributed by atoms with van der Waals surface area (Å²) >= 11 is 0. The van der Waals surface area contributed by atoms with Crippen LogP contribution in [0.4, 0.5) is 5.69 Å². The summed E-state index contributed by atoms with van der Waals surface area (Å²) in [4.78, 5) is 0. The summed E-state index contributed by atoms with van der Waals surface area (Å²) in [6.45, 7) is 2.29. The molecule has 1 aromatic carbocycles. The van der Waals surface area contributed by atoms with E-state index >= 15 is 0 Å². The van der Waals surface area contributed by atoms with Gasteiger partial charge >= 0.3 is 0 Å². The van der Waals surface area contributed by atoms with Gasteiger partial charge in [-0.25, -0.2) is 0 Å². The number of ether oxygens (including phenoxy) is 1. The van der Waals surface area contributed by atoms with Crippen molar-refractivity contribution < 1.29 is 14.9 Å². The normalized spacial score (nSPS) is 11.6. The van der Waals surface area contributed by atoms with Crippen molar-refractivity contribution in [3.8, 4) is 11.8 Å². The molecule has 5 nitrogen and oxygen atoms in total. The molecular formula is C12H16N2O3. The van der Waals surface area contributed by atoms with Crippen molar-refractivity contribution in [3.63, 3.8) is 0 Å². The molecule has 0 bridgehead atoms. The molecule has 0 aliphatic carbocycles. The monoisotopic (exact) mass is 236 g/mol. The highest BCUT2D eigenvalue weighted by Gasteiger charge is 2.05. The molecule has 0 amide bonds. The molecule has 1 rings (SSSR count). The molecule has 0 aliphatic heterocycles. The van der Waals surface area contributed by atoms with Gasteiger partial charge < -0.3 is 20.3 Å². The van der Waals surface area contributed by atoms with Gasteiger partial charge in [-0.1, -0.05) is 0 Å². The first-order chi connectivity index (χ1) is 8.21. The minimum atomic E-state index is -0.813. The SMILES string of the molecule is CCOc1ccc(NCC(O)CO)cc1C#N. The molecule has 1 aromatic rings. The molecule has 0 aliphatic rings. The lowest BCUT2D eigenvalue weighted by atomic mass is 10.2. The average molecular weight is 236 g/mol. The molecular weight excluding hydrogens is 220 g/mol. The van der Waals surface area contributed by atoms with Gasteiger partial charge in [0.2, 0.25) is 0 Å². The maximum Gasteiger partial charge on any atom is 0.137 e. The molecule has 3 N–H and O–H groups in total. The van der Waals surface area contributed by atoms with E-state index in [2.05, 4.69) is 5.32 Å². The minimum Gasteiger partial charge on any atom is -0.492 e. The molecule has 1 atom stereocenters. The van der Waals surface area contributed by atoms with Gasteiger partial charge in [-0.15, -0.1) is 0 Å². The Kier molecular flexibility index (Phi) is 5.27. The van der Waals surface area contributed by atoms with E-state index in [1.54, 1.807) is 18.2 Å². The van der Waals surface area contributed by atoms with Gasteiger partial charge in [-0.3, -0.25) is 0 Å². The second kappa shape index (κ2) is 6.74. The first-order valence-electron chi connectivity index (χ1n) is 5.41. The molecule has 5 heteroatoms. The zero-order chi connectivity index (χ0) is 12.7. The second-order valence-electron chi connectivity index (χ2n) is 3.47. The number of nitrogens with zero attached hydrogens (tertiary/aromatic N) is 1. The predicted molar refractivity (Wildman–Crippen MR) is 63.9 cm³/mol. The van der Waals surface area contributed by atoms with Crippen molar-refractivity contribution in [2.75, 3.05) is 25.1 Å². The van der Waals surface area contributed by atoms with Gasteiger partial charge in [0.05, 0.1) is 24.9 Å². The van der Waals surface area contributed by atoms with Gasteiger partial charge in [0.25, 0.3) is 0 Å². The van der Waals surface area contributed by atoms with Gasteiger partial charge in [0.1, 0.15) is 11.8 Å². The van der Waals surface area contributed by atoms with Crippen LogP contribution in [0.15, 0.2) is 18.2 Å². The van der Waals surface area contributed by atoms with Crippen LogP contribution >= 0.6 is 0 Å². The Bertz CT molecular complexity index is 401. The molecule has 0 spiro atoms. The lowest BCUT2D eigenvalue weighted by molar-refractivity contribution is 0.105. The third kappa shape index (κ3) is 3.94. The van der Waals surface area contributed by atoms with E-state index in [9.17, 15) is 5.11 Å². The molecule has 1 unspecified atom stereocenters. The van der Waals surface area contributed by atoms with Crippen LogP contribution in [-0.2, 0) is 0 Å². The Balaban J connectivity index is 2.73. The van der Waals surface area contributed by atoms with Gasteiger partial charge in [0, 0.05) is 12.2 Å². The van der Waals surface area contributed by atoms with E-state index in [0.717, 1.165) is 0 Å². The number of hydrogen-bond donors (Lipinski definition) is 3. The number of nitrogens with one attached hydrogen (secondary N) is 1. The standard InChI is InChI=1S/C12H16N2O3/c1-2-17-12-4-3-10(5-9(12)6-13)14-7-11(16)8-15/h3-5,11,14-16H,2,7-8H2,1H3. The number of nitriles is 1. The van der Waals surface area contributed by atoms with E-state index < -0.39 is 6.10 Å². The highest BCUT2D eigenvalue weighted by atomic mass is 16.5. The van der Waals surface area contributed by atoms with Crippen molar-refractivity contribution in [1.82, 2.24) is 0 Å². The Morgan fingerprint density at radius 2 is 2.29 bits per heavy atom. The lowest BCUT2D eigenvalue weighted by Crippen LogP contribution is -2.22. The largest absolute Gasteiger partial charge is 0.492 e. The fourth-order valence-corrected chi connectivity index (χ4v) is 1.31. The van der Waals surface area contributed by atoms with Crippen LogP contribution in [-0.4, -0.2) is 36.1 Å². The first-order valence-corrected chi connectivity index (χ1v) is 5.41. The van der Waals surface area contributed by atoms with Gasteiger partial charge in [-0.05, 0) is 25.1 Å². The lowest BCUT2D eigenvalue weighted by Gasteiger charge is -2.12. The number of hydrogen-bond acceptors (Lipinski definition) is 5. The third-order valence-electron chi connectivity index (χ3n) is 2.15. The number of rotatable bonds is 6. The number of aliphatic hydroxyl groups is 2. The summed E-state index contributed by atoms with van der Waals surface area (Å²) < 4.78 is 5.29. The van der Waals surface area contributed by atoms with Crippen LogP contribution in [0.5, 0.6) is 5.75 Å². The minimum absolute atomic E-state index is 0.231. The molecule has 0 fully saturated rings. The van der Waals surface area contributed by atoms with E-state index in [-0.39, 0.29) is 13.2 Å². The van der Waals surface area contributed by atoms with E-state index in [4.69, 9.17) is 15.1 Å². The van der Waals surface area contributed by atoms with E-state index in [1.807, 2.05) is 13.0 Å².